The number of rotatable bonds is 2. The predicted octanol–water partition coefficient (Wildman–Crippen LogP) is 2.22. The van der Waals surface area contributed by atoms with Crippen molar-refractivity contribution in [1.29, 1.82) is 0 Å². The van der Waals surface area contributed by atoms with Gasteiger partial charge in [-0.3, -0.25) is 14.4 Å². The Morgan fingerprint density at radius 2 is 1.76 bits per heavy atom. The molecule has 21 heavy (non-hydrogen) atoms. The molecule has 0 spiro atoms. The van der Waals surface area contributed by atoms with Crippen molar-refractivity contribution in [3.63, 3.8) is 0 Å². The second kappa shape index (κ2) is 4.86. The van der Waals surface area contributed by atoms with Gasteiger partial charge in [-0.15, -0.1) is 0 Å². The smallest absolute Gasteiger partial charge is 0.263 e. The van der Waals surface area contributed by atoms with E-state index in [-0.39, 0.29) is 22.8 Å². The van der Waals surface area contributed by atoms with Crippen LogP contribution in [-0.4, -0.2) is 18.7 Å². The number of allylic oxidation sites excluding steroid dienone is 2. The minimum Gasteiger partial charge on any atom is -0.492 e. The Hall–Kier alpha value is -2.95. The van der Waals surface area contributed by atoms with Crippen molar-refractivity contribution >= 4 is 11.6 Å². The van der Waals surface area contributed by atoms with Gasteiger partial charge in [-0.25, -0.2) is 0 Å². The van der Waals surface area contributed by atoms with Gasteiger partial charge in [0.25, 0.3) is 5.78 Å². The molecule has 3 rings (SSSR count). The molecule has 0 fully saturated rings. The van der Waals surface area contributed by atoms with Crippen LogP contribution in [0.2, 0.25) is 0 Å². The summed E-state index contributed by atoms with van der Waals surface area (Å²) in [7, 11) is 1.28. The first-order valence-corrected chi connectivity index (χ1v) is 6.20. The monoisotopic (exact) mass is 282 g/mol. The van der Waals surface area contributed by atoms with E-state index in [0.29, 0.717) is 5.56 Å². The second-order valence-electron chi connectivity index (χ2n) is 4.45. The molecule has 0 atom stereocenters. The number of carbonyl (C=O) groups excluding carboxylic acids is 2. The molecule has 0 saturated heterocycles. The molecule has 0 radical (unpaired) electrons. The number of fused-ring (bicyclic) bond motifs is 1. The Labute approximate surface area is 119 Å². The molecule has 1 aromatic heterocycles. The number of carbonyl (C=O) groups is 2. The van der Waals surface area contributed by atoms with Crippen LogP contribution >= 0.6 is 0 Å². The zero-order valence-electron chi connectivity index (χ0n) is 11.1. The molecular weight excluding hydrogens is 272 g/mol. The number of benzene rings is 1. The number of ketones is 2. The van der Waals surface area contributed by atoms with Gasteiger partial charge in [0.05, 0.1) is 7.11 Å². The summed E-state index contributed by atoms with van der Waals surface area (Å²) in [4.78, 5) is 36.2. The van der Waals surface area contributed by atoms with Crippen LogP contribution in [0.25, 0.3) is 11.3 Å². The van der Waals surface area contributed by atoms with Crippen LogP contribution in [0, 0.1) is 0 Å². The molecule has 0 bridgehead atoms. The molecule has 1 heterocycles. The van der Waals surface area contributed by atoms with Crippen molar-refractivity contribution in [2.75, 3.05) is 7.11 Å². The van der Waals surface area contributed by atoms with E-state index in [2.05, 4.69) is 0 Å². The first-order chi connectivity index (χ1) is 10.1. The summed E-state index contributed by atoms with van der Waals surface area (Å²) in [6.07, 6.45) is 1.00. The molecule has 2 aromatic rings. The van der Waals surface area contributed by atoms with Gasteiger partial charge in [0.2, 0.25) is 0 Å². The van der Waals surface area contributed by atoms with Crippen molar-refractivity contribution < 1.29 is 18.7 Å². The van der Waals surface area contributed by atoms with E-state index in [4.69, 9.17) is 9.15 Å². The lowest BCUT2D eigenvalue weighted by molar-refractivity contribution is 0.0887. The molecule has 0 saturated carbocycles. The summed E-state index contributed by atoms with van der Waals surface area (Å²) >= 11 is 0. The first kappa shape index (κ1) is 13.1. The molecule has 5 heteroatoms. The molecule has 0 amide bonds. The van der Waals surface area contributed by atoms with Crippen LogP contribution < -0.4 is 5.43 Å². The van der Waals surface area contributed by atoms with E-state index < -0.39 is 17.0 Å². The number of ether oxygens (including phenoxy) is 1. The Bertz CT molecular complexity index is 827. The van der Waals surface area contributed by atoms with Crippen LogP contribution in [-0.2, 0) is 4.74 Å². The van der Waals surface area contributed by atoms with Gasteiger partial charge in [0, 0.05) is 17.7 Å². The molecule has 104 valence electrons. The Balaban J connectivity index is 2.24. The lowest BCUT2D eigenvalue weighted by Gasteiger charge is -2.13. The molecule has 5 nitrogen and oxygen atoms in total. The predicted molar refractivity (Wildman–Crippen MR) is 74.2 cm³/mol. The number of methoxy groups -OCH3 is 1. The van der Waals surface area contributed by atoms with E-state index in [1.807, 2.05) is 6.07 Å². The highest BCUT2D eigenvalue weighted by Crippen LogP contribution is 2.25. The highest BCUT2D eigenvalue weighted by atomic mass is 16.5. The van der Waals surface area contributed by atoms with Crippen LogP contribution in [0.15, 0.2) is 57.4 Å². The normalized spacial score (nSPS) is 13.7. The summed E-state index contributed by atoms with van der Waals surface area (Å²) in [5.74, 6) is -1.37. The van der Waals surface area contributed by atoms with Gasteiger partial charge in [-0.05, 0) is 0 Å². The second-order valence-corrected chi connectivity index (χ2v) is 4.45. The molecule has 0 aliphatic heterocycles. The number of Topliss-reactive ketones (excluding diaryl/α,β-unsaturated/α-hetero) is 1. The fourth-order valence-corrected chi connectivity index (χ4v) is 2.15. The molecule has 0 N–H and O–H groups in total. The average molecular weight is 282 g/mol. The van der Waals surface area contributed by atoms with Gasteiger partial charge in [-0.1, -0.05) is 30.3 Å². The van der Waals surface area contributed by atoms with E-state index in [9.17, 15) is 14.4 Å². The summed E-state index contributed by atoms with van der Waals surface area (Å²) in [5.41, 5.74) is -0.147. The number of hydrogen-bond acceptors (Lipinski definition) is 5. The van der Waals surface area contributed by atoms with Crippen molar-refractivity contribution in [3.05, 3.63) is 69.8 Å². The van der Waals surface area contributed by atoms with Gasteiger partial charge < -0.3 is 9.15 Å². The maximum atomic E-state index is 12.2. The van der Waals surface area contributed by atoms with E-state index >= 15 is 0 Å². The SMILES string of the molecule is COC1=CC(=O)c2c(oc(-c3ccccc3)cc2=O)C1=O. The summed E-state index contributed by atoms with van der Waals surface area (Å²) in [5, 5.41) is 0. The lowest BCUT2D eigenvalue weighted by Crippen LogP contribution is -2.25. The highest BCUT2D eigenvalue weighted by molar-refractivity contribution is 6.22. The van der Waals surface area contributed by atoms with Crippen molar-refractivity contribution in [2.24, 2.45) is 0 Å². The van der Waals surface area contributed by atoms with Crippen molar-refractivity contribution in [2.45, 2.75) is 0 Å². The van der Waals surface area contributed by atoms with Gasteiger partial charge in [0.15, 0.2) is 22.7 Å². The standard InChI is InChI=1S/C16H10O5/c1-20-13-8-11(18)14-10(17)7-12(21-16(14)15(13)19)9-5-3-2-4-6-9/h2-8H,1H3. The van der Waals surface area contributed by atoms with Gasteiger partial charge in [0.1, 0.15) is 11.3 Å². The molecule has 0 unspecified atom stereocenters. The first-order valence-electron chi connectivity index (χ1n) is 6.20. The zero-order valence-corrected chi connectivity index (χ0v) is 11.1. The maximum absolute atomic E-state index is 12.2. The van der Waals surface area contributed by atoms with E-state index in [1.165, 1.54) is 13.2 Å². The topological polar surface area (TPSA) is 73.6 Å². The maximum Gasteiger partial charge on any atom is 0.263 e. The molecule has 1 aliphatic carbocycles. The Morgan fingerprint density at radius 1 is 1.05 bits per heavy atom. The highest BCUT2D eigenvalue weighted by Gasteiger charge is 2.32. The lowest BCUT2D eigenvalue weighted by atomic mass is 9.98. The fourth-order valence-electron chi connectivity index (χ4n) is 2.15. The van der Waals surface area contributed by atoms with E-state index in [0.717, 1.165) is 6.08 Å². The third-order valence-electron chi connectivity index (χ3n) is 3.16. The van der Waals surface area contributed by atoms with E-state index in [1.54, 1.807) is 24.3 Å². The molecule has 1 aliphatic rings. The fraction of sp³-hybridized carbons (Fsp3) is 0.0625. The average Bonchev–Trinajstić information content (AvgIpc) is 2.51. The number of hydrogen-bond donors (Lipinski definition) is 0. The van der Waals surface area contributed by atoms with Crippen molar-refractivity contribution in [3.8, 4) is 11.3 Å². The third-order valence-corrected chi connectivity index (χ3v) is 3.16. The quantitative estimate of drug-likeness (QED) is 0.844. The summed E-state index contributed by atoms with van der Waals surface area (Å²) in [6, 6.07) is 10.1. The van der Waals surface area contributed by atoms with Crippen molar-refractivity contribution in [1.82, 2.24) is 0 Å². The molecular formula is C16H10O5. The molecule has 1 aromatic carbocycles. The minimum atomic E-state index is -0.609. The largest absolute Gasteiger partial charge is 0.492 e. The van der Waals surface area contributed by atoms with Gasteiger partial charge >= 0.3 is 0 Å². The third kappa shape index (κ3) is 2.08. The zero-order chi connectivity index (χ0) is 15.0. The summed E-state index contributed by atoms with van der Waals surface area (Å²) in [6.45, 7) is 0. The Kier molecular flexibility index (Phi) is 3.02. The minimum absolute atomic E-state index is 0.138. The van der Waals surface area contributed by atoms with Crippen LogP contribution in [0.1, 0.15) is 20.9 Å². The summed E-state index contributed by atoms with van der Waals surface area (Å²) < 4.78 is 10.3. The van der Waals surface area contributed by atoms with Crippen LogP contribution in [0.3, 0.4) is 0 Å². The van der Waals surface area contributed by atoms with Crippen LogP contribution in [0.5, 0.6) is 0 Å². The Morgan fingerprint density at radius 3 is 2.43 bits per heavy atom. The van der Waals surface area contributed by atoms with Gasteiger partial charge in [-0.2, -0.15) is 0 Å². The van der Waals surface area contributed by atoms with Crippen LogP contribution in [0.4, 0.5) is 0 Å².